The van der Waals surface area contributed by atoms with E-state index in [1.807, 2.05) is 40.7 Å². The van der Waals surface area contributed by atoms with E-state index < -0.39 is 11.8 Å². The zero-order valence-electron chi connectivity index (χ0n) is 20.3. The molecule has 0 aliphatic carbocycles. The molecule has 0 aromatic heterocycles. The molecule has 29 heavy (non-hydrogen) atoms. The number of aliphatic hydroxyl groups excluding tert-OH is 2. The van der Waals surface area contributed by atoms with Gasteiger partial charge in [0.15, 0.2) is 5.60 Å². The molecule has 1 rings (SSSR count). The lowest BCUT2D eigenvalue weighted by Crippen LogP contribution is -2.50. The van der Waals surface area contributed by atoms with Gasteiger partial charge < -0.3 is 14.9 Å². The molecular formula is C24H47NO4. The first kappa shape index (κ1) is 28.1. The monoisotopic (exact) mass is 413 g/mol. The van der Waals surface area contributed by atoms with Gasteiger partial charge in [-0.2, -0.15) is 0 Å². The molecule has 2 unspecified atom stereocenters. The van der Waals surface area contributed by atoms with Crippen LogP contribution >= 0.6 is 0 Å². The first-order valence-electron chi connectivity index (χ1n) is 11.3. The summed E-state index contributed by atoms with van der Waals surface area (Å²) in [6, 6.07) is 0. The van der Waals surface area contributed by atoms with Crippen LogP contribution in [0.25, 0.3) is 0 Å². The number of nitrogens with one attached hydrogen (secondary N) is 1. The Labute approximate surface area is 179 Å². The second-order valence-electron chi connectivity index (χ2n) is 10.1. The van der Waals surface area contributed by atoms with Gasteiger partial charge in [-0.25, -0.2) is 4.79 Å². The van der Waals surface area contributed by atoms with Gasteiger partial charge in [0.25, 0.3) is 0 Å². The molecular weight excluding hydrogens is 366 g/mol. The number of rotatable bonds is 10. The maximum atomic E-state index is 12.4. The minimum atomic E-state index is -0.985. The Balaban J connectivity index is 0.00000379. The Morgan fingerprint density at radius 3 is 2.07 bits per heavy atom. The summed E-state index contributed by atoms with van der Waals surface area (Å²) >= 11 is 0. The van der Waals surface area contributed by atoms with E-state index in [0.717, 1.165) is 19.3 Å². The average Bonchev–Trinajstić information content (AvgIpc) is 2.94. The van der Waals surface area contributed by atoms with Crippen LogP contribution in [-0.2, 0) is 9.53 Å². The van der Waals surface area contributed by atoms with Crippen LogP contribution in [0.15, 0.2) is 11.6 Å². The number of hydrogen-bond acceptors (Lipinski definition) is 5. The molecule has 1 saturated heterocycles. The molecule has 3 N–H and O–H groups in total. The van der Waals surface area contributed by atoms with Crippen molar-refractivity contribution in [1.82, 2.24) is 5.32 Å². The van der Waals surface area contributed by atoms with Crippen molar-refractivity contribution in [3.8, 4) is 0 Å². The smallest absolute Gasteiger partial charge is 0.334 e. The van der Waals surface area contributed by atoms with Crippen LogP contribution in [0.5, 0.6) is 0 Å². The van der Waals surface area contributed by atoms with E-state index in [2.05, 4.69) is 33.0 Å². The Morgan fingerprint density at radius 2 is 1.66 bits per heavy atom. The summed E-state index contributed by atoms with van der Waals surface area (Å²) in [5.41, 5.74) is -0.673. The fourth-order valence-corrected chi connectivity index (χ4v) is 3.64. The molecule has 1 fully saturated rings. The number of allylic oxidation sites excluding steroid dienone is 1. The van der Waals surface area contributed by atoms with Crippen LogP contribution in [0.3, 0.4) is 0 Å². The average molecular weight is 414 g/mol. The van der Waals surface area contributed by atoms with E-state index in [9.17, 15) is 15.0 Å². The van der Waals surface area contributed by atoms with Gasteiger partial charge in [-0.1, -0.05) is 68.4 Å². The van der Waals surface area contributed by atoms with Crippen molar-refractivity contribution < 1.29 is 19.7 Å². The minimum absolute atomic E-state index is 0.229. The van der Waals surface area contributed by atoms with Gasteiger partial charge in [0.05, 0.1) is 6.61 Å². The quantitative estimate of drug-likeness (QED) is 0.275. The van der Waals surface area contributed by atoms with Gasteiger partial charge >= 0.3 is 5.97 Å². The zero-order chi connectivity index (χ0) is 22.8. The van der Waals surface area contributed by atoms with Crippen LogP contribution in [0.1, 0.15) is 88.0 Å². The van der Waals surface area contributed by atoms with Crippen molar-refractivity contribution in [2.75, 3.05) is 13.2 Å². The van der Waals surface area contributed by atoms with Crippen molar-refractivity contribution in [2.24, 2.45) is 23.2 Å². The Morgan fingerprint density at radius 1 is 1.14 bits per heavy atom. The highest BCUT2D eigenvalue weighted by Gasteiger charge is 2.43. The highest BCUT2D eigenvalue weighted by molar-refractivity contribution is 5.91. The van der Waals surface area contributed by atoms with Crippen molar-refractivity contribution in [3.63, 3.8) is 0 Å². The van der Waals surface area contributed by atoms with Crippen LogP contribution < -0.4 is 5.32 Å². The molecule has 2 atom stereocenters. The molecule has 0 amide bonds. The fourth-order valence-electron chi connectivity index (χ4n) is 3.64. The molecule has 0 saturated carbocycles. The Hall–Kier alpha value is -0.910. The second-order valence-corrected chi connectivity index (χ2v) is 10.1. The molecule has 1 heterocycles. The molecule has 1 aliphatic rings. The number of esters is 1. The molecule has 0 spiro atoms. The van der Waals surface area contributed by atoms with Crippen molar-refractivity contribution >= 4 is 5.97 Å². The van der Waals surface area contributed by atoms with E-state index in [1.165, 1.54) is 0 Å². The lowest BCUT2D eigenvalue weighted by molar-refractivity contribution is -0.150. The van der Waals surface area contributed by atoms with Gasteiger partial charge in [-0.15, -0.1) is 0 Å². The highest BCUT2D eigenvalue weighted by atomic mass is 16.6. The maximum absolute atomic E-state index is 12.4. The van der Waals surface area contributed by atoms with Gasteiger partial charge in [-0.05, 0) is 37.0 Å². The predicted molar refractivity (Wildman–Crippen MR) is 120 cm³/mol. The first-order chi connectivity index (χ1) is 13.4. The lowest BCUT2D eigenvalue weighted by atomic mass is 9.86. The summed E-state index contributed by atoms with van der Waals surface area (Å²) in [5, 5.41) is 23.0. The van der Waals surface area contributed by atoms with Crippen LogP contribution in [0, 0.1) is 23.2 Å². The van der Waals surface area contributed by atoms with Crippen LogP contribution in [-0.4, -0.2) is 41.2 Å². The summed E-state index contributed by atoms with van der Waals surface area (Å²) in [5.74, 6) is 1.46. The summed E-state index contributed by atoms with van der Waals surface area (Å²) in [4.78, 5) is 12.4. The largest absolute Gasteiger partial charge is 0.452 e. The van der Waals surface area contributed by atoms with E-state index in [1.54, 1.807) is 0 Å². The molecule has 0 aromatic rings. The topological polar surface area (TPSA) is 78.8 Å². The summed E-state index contributed by atoms with van der Waals surface area (Å²) in [6.07, 6.45) is 4.79. The highest BCUT2D eigenvalue weighted by Crippen LogP contribution is 2.33. The normalized spacial score (nSPS) is 22.3. The third kappa shape index (κ3) is 10.1. The van der Waals surface area contributed by atoms with E-state index in [-0.39, 0.29) is 24.5 Å². The molecule has 0 bridgehead atoms. The number of carbonyl (C=O) groups is 1. The number of cyclic esters (lactones) is 1. The molecule has 0 aromatic carbocycles. The Bertz CT molecular complexity index is 498. The Kier molecular flexibility index (Phi) is 12.3. The summed E-state index contributed by atoms with van der Waals surface area (Å²) < 4.78 is 5.54. The van der Waals surface area contributed by atoms with E-state index in [4.69, 9.17) is 4.74 Å². The SMILES string of the molecule is CC.CC(C)CC(C/C=C1/CC(CO)(CNC(O)C(C)(C)C)OC1=O)CC(C)C. The molecule has 5 heteroatoms. The minimum Gasteiger partial charge on any atom is -0.452 e. The third-order valence-electron chi connectivity index (χ3n) is 5.12. The third-order valence-corrected chi connectivity index (χ3v) is 5.12. The van der Waals surface area contributed by atoms with Gasteiger partial charge in [0, 0.05) is 24.0 Å². The molecule has 172 valence electrons. The van der Waals surface area contributed by atoms with Gasteiger partial charge in [0.2, 0.25) is 0 Å². The fraction of sp³-hybridized carbons (Fsp3) is 0.875. The van der Waals surface area contributed by atoms with Crippen LogP contribution in [0.4, 0.5) is 0 Å². The number of hydrogen-bond donors (Lipinski definition) is 3. The first-order valence-corrected chi connectivity index (χ1v) is 11.3. The zero-order valence-corrected chi connectivity index (χ0v) is 20.3. The standard InChI is InChI=1S/C22H41NO4.C2H6/c1-15(2)10-17(11-16(3)4)8-9-18-12-22(14-24,27-19(18)25)13-23-20(26)21(5,6)7;1-2/h9,15-17,20,23-24,26H,8,10-14H2,1-7H3;1-2H3/b18-9-;. The van der Waals surface area contributed by atoms with Crippen molar-refractivity contribution in [3.05, 3.63) is 11.6 Å². The predicted octanol–water partition coefficient (Wildman–Crippen LogP) is 4.67. The number of carbonyl (C=O) groups excluding carboxylic acids is 1. The van der Waals surface area contributed by atoms with Gasteiger partial charge in [-0.3, -0.25) is 5.32 Å². The van der Waals surface area contributed by atoms with E-state index in [0.29, 0.717) is 29.7 Å². The number of aliphatic hydroxyl groups is 2. The summed E-state index contributed by atoms with van der Waals surface area (Å²) in [6.45, 7) is 18.7. The van der Waals surface area contributed by atoms with E-state index >= 15 is 0 Å². The maximum Gasteiger partial charge on any atom is 0.334 e. The van der Waals surface area contributed by atoms with Crippen molar-refractivity contribution in [1.29, 1.82) is 0 Å². The molecule has 5 nitrogen and oxygen atoms in total. The van der Waals surface area contributed by atoms with Crippen LogP contribution in [0.2, 0.25) is 0 Å². The lowest BCUT2D eigenvalue weighted by Gasteiger charge is -2.31. The molecule has 0 radical (unpaired) electrons. The molecule has 1 aliphatic heterocycles. The number of ether oxygens (including phenoxy) is 1. The van der Waals surface area contributed by atoms with Gasteiger partial charge in [0.1, 0.15) is 6.23 Å². The summed E-state index contributed by atoms with van der Waals surface area (Å²) in [7, 11) is 0. The second kappa shape index (κ2) is 12.7. The van der Waals surface area contributed by atoms with Crippen molar-refractivity contribution in [2.45, 2.75) is 99.8 Å².